The van der Waals surface area contributed by atoms with Crippen LogP contribution in [-0.2, 0) is 9.59 Å². The SMILES string of the molecule is CCC1=C(C(=O)O)C(c2cccc(O)c2)C2=C(CC(c3cccc4c3OCO4)CC2=O)N1. The Hall–Kier alpha value is -3.74. The second-order valence-corrected chi connectivity index (χ2v) is 8.21. The molecule has 164 valence electrons. The average Bonchev–Trinajstić information content (AvgIpc) is 3.26. The number of rotatable bonds is 4. The van der Waals surface area contributed by atoms with Crippen molar-refractivity contribution in [1.29, 1.82) is 0 Å². The van der Waals surface area contributed by atoms with Crippen LogP contribution in [0.15, 0.2) is 65.0 Å². The molecule has 2 heterocycles. The molecule has 5 rings (SSSR count). The summed E-state index contributed by atoms with van der Waals surface area (Å²) < 4.78 is 11.2. The molecular weight excluding hydrogens is 410 g/mol. The highest BCUT2D eigenvalue weighted by Crippen LogP contribution is 2.49. The van der Waals surface area contributed by atoms with Crippen molar-refractivity contribution in [2.45, 2.75) is 38.0 Å². The van der Waals surface area contributed by atoms with E-state index < -0.39 is 11.9 Å². The first-order valence-electron chi connectivity index (χ1n) is 10.6. The van der Waals surface area contributed by atoms with Crippen molar-refractivity contribution in [3.05, 3.63) is 76.1 Å². The Morgan fingerprint density at radius 2 is 1.97 bits per heavy atom. The van der Waals surface area contributed by atoms with E-state index in [0.29, 0.717) is 41.2 Å². The highest BCUT2D eigenvalue weighted by atomic mass is 16.7. The number of para-hydroxylation sites is 1. The molecule has 3 N–H and O–H groups in total. The largest absolute Gasteiger partial charge is 0.508 e. The molecule has 0 amide bonds. The second-order valence-electron chi connectivity index (χ2n) is 8.21. The predicted octanol–water partition coefficient (Wildman–Crippen LogP) is 3.96. The molecule has 3 aliphatic rings. The second kappa shape index (κ2) is 7.75. The van der Waals surface area contributed by atoms with Gasteiger partial charge in [-0.05, 0) is 36.6 Å². The van der Waals surface area contributed by atoms with E-state index in [2.05, 4.69) is 5.32 Å². The van der Waals surface area contributed by atoms with Crippen LogP contribution in [0.3, 0.4) is 0 Å². The first-order valence-corrected chi connectivity index (χ1v) is 10.6. The Labute approximate surface area is 185 Å². The molecule has 1 aliphatic carbocycles. The van der Waals surface area contributed by atoms with Gasteiger partial charge in [0.25, 0.3) is 0 Å². The number of phenolic OH excluding ortho intramolecular Hbond substituents is 1. The van der Waals surface area contributed by atoms with Gasteiger partial charge in [-0.3, -0.25) is 4.79 Å². The summed E-state index contributed by atoms with van der Waals surface area (Å²) in [6.07, 6.45) is 1.26. The van der Waals surface area contributed by atoms with Gasteiger partial charge in [0.15, 0.2) is 17.3 Å². The van der Waals surface area contributed by atoms with Crippen molar-refractivity contribution in [3.8, 4) is 17.2 Å². The van der Waals surface area contributed by atoms with Gasteiger partial charge in [0.1, 0.15) is 5.75 Å². The number of hydrogen-bond donors (Lipinski definition) is 3. The lowest BCUT2D eigenvalue weighted by molar-refractivity contribution is -0.133. The van der Waals surface area contributed by atoms with Crippen LogP contribution in [0.5, 0.6) is 17.2 Å². The van der Waals surface area contributed by atoms with Gasteiger partial charge in [-0.15, -0.1) is 0 Å². The monoisotopic (exact) mass is 433 g/mol. The number of dihydropyridines is 1. The van der Waals surface area contributed by atoms with Crippen molar-refractivity contribution >= 4 is 11.8 Å². The summed E-state index contributed by atoms with van der Waals surface area (Å²) in [4.78, 5) is 25.8. The number of benzene rings is 2. The molecule has 32 heavy (non-hydrogen) atoms. The Morgan fingerprint density at radius 3 is 2.72 bits per heavy atom. The fourth-order valence-electron chi connectivity index (χ4n) is 5.02. The van der Waals surface area contributed by atoms with E-state index in [9.17, 15) is 19.8 Å². The lowest BCUT2D eigenvalue weighted by Crippen LogP contribution is -2.36. The number of carbonyl (C=O) groups excluding carboxylic acids is 1. The quantitative estimate of drug-likeness (QED) is 0.670. The zero-order valence-corrected chi connectivity index (χ0v) is 17.6. The molecule has 7 heteroatoms. The van der Waals surface area contributed by atoms with Gasteiger partial charge in [-0.1, -0.05) is 31.2 Å². The summed E-state index contributed by atoms with van der Waals surface area (Å²) in [5.74, 6) is -0.652. The fraction of sp³-hybridized carbons (Fsp3) is 0.280. The summed E-state index contributed by atoms with van der Waals surface area (Å²) in [5, 5.41) is 23.3. The van der Waals surface area contributed by atoms with Gasteiger partial charge in [-0.2, -0.15) is 0 Å². The van der Waals surface area contributed by atoms with Crippen LogP contribution in [0.25, 0.3) is 0 Å². The van der Waals surface area contributed by atoms with Crippen LogP contribution in [0.1, 0.15) is 49.1 Å². The van der Waals surface area contributed by atoms with Crippen LogP contribution in [-0.4, -0.2) is 28.8 Å². The number of Topliss-reactive ketones (excluding diaryl/α,β-unsaturated/α-hetero) is 1. The Kier molecular flexibility index (Phi) is 4.89. The van der Waals surface area contributed by atoms with Gasteiger partial charge in [0.2, 0.25) is 6.79 Å². The fourth-order valence-corrected chi connectivity index (χ4v) is 5.02. The van der Waals surface area contributed by atoms with Crippen LogP contribution < -0.4 is 14.8 Å². The number of ketones is 1. The van der Waals surface area contributed by atoms with Crippen molar-refractivity contribution < 1.29 is 29.3 Å². The highest BCUT2D eigenvalue weighted by Gasteiger charge is 2.42. The van der Waals surface area contributed by atoms with Crippen LogP contribution >= 0.6 is 0 Å². The normalized spacial score (nSPS) is 22.0. The van der Waals surface area contributed by atoms with E-state index in [1.807, 2.05) is 25.1 Å². The molecule has 2 aliphatic heterocycles. The topological polar surface area (TPSA) is 105 Å². The van der Waals surface area contributed by atoms with E-state index in [1.165, 1.54) is 12.1 Å². The molecule has 2 unspecified atom stereocenters. The standard InChI is InChI=1S/C25H23NO6/c1-2-17-23(25(29)30)21(13-5-3-6-15(27)9-13)22-18(26-17)10-14(11-19(22)28)16-7-4-8-20-24(16)32-12-31-20/h3-9,14,21,26-27H,2,10-12H2,1H3,(H,29,30). The summed E-state index contributed by atoms with van der Waals surface area (Å²) in [6.45, 7) is 2.04. The van der Waals surface area contributed by atoms with E-state index in [1.54, 1.807) is 12.1 Å². The number of hydrogen-bond acceptors (Lipinski definition) is 6. The lowest BCUT2D eigenvalue weighted by Gasteiger charge is -2.37. The molecule has 0 bridgehead atoms. The minimum absolute atomic E-state index is 0.0316. The molecule has 2 atom stereocenters. The zero-order valence-electron chi connectivity index (χ0n) is 17.6. The molecule has 0 fully saturated rings. The van der Waals surface area contributed by atoms with Gasteiger partial charge >= 0.3 is 5.97 Å². The lowest BCUT2D eigenvalue weighted by atomic mass is 9.71. The predicted molar refractivity (Wildman–Crippen MR) is 116 cm³/mol. The van der Waals surface area contributed by atoms with E-state index in [4.69, 9.17) is 9.47 Å². The minimum atomic E-state index is -1.07. The third kappa shape index (κ3) is 3.21. The first-order chi connectivity index (χ1) is 15.5. The molecule has 0 saturated carbocycles. The maximum atomic E-state index is 13.5. The van der Waals surface area contributed by atoms with Crippen LogP contribution in [0, 0.1) is 0 Å². The molecule has 7 nitrogen and oxygen atoms in total. The molecule has 2 aromatic rings. The van der Waals surface area contributed by atoms with Crippen molar-refractivity contribution in [2.24, 2.45) is 0 Å². The van der Waals surface area contributed by atoms with Crippen molar-refractivity contribution in [1.82, 2.24) is 5.32 Å². The Bertz CT molecular complexity index is 1190. The first kappa shape index (κ1) is 20.2. The Morgan fingerprint density at radius 1 is 1.16 bits per heavy atom. The number of carbonyl (C=O) groups is 2. The zero-order chi connectivity index (χ0) is 22.4. The number of nitrogens with one attached hydrogen (secondary N) is 1. The maximum Gasteiger partial charge on any atom is 0.334 e. The summed E-state index contributed by atoms with van der Waals surface area (Å²) in [7, 11) is 0. The maximum absolute atomic E-state index is 13.5. The molecule has 0 radical (unpaired) electrons. The molecule has 2 aromatic carbocycles. The number of carboxylic acids is 1. The molecule has 0 spiro atoms. The molecular formula is C25H23NO6. The molecule has 0 aromatic heterocycles. The summed E-state index contributed by atoms with van der Waals surface area (Å²) in [6, 6.07) is 12.2. The third-order valence-corrected chi connectivity index (χ3v) is 6.37. The number of aliphatic carboxylic acids is 1. The van der Waals surface area contributed by atoms with Crippen LogP contribution in [0.2, 0.25) is 0 Å². The van der Waals surface area contributed by atoms with Crippen molar-refractivity contribution in [3.63, 3.8) is 0 Å². The minimum Gasteiger partial charge on any atom is -0.508 e. The number of phenols is 1. The van der Waals surface area contributed by atoms with Crippen LogP contribution in [0.4, 0.5) is 0 Å². The van der Waals surface area contributed by atoms with E-state index in [-0.39, 0.29) is 36.2 Å². The highest BCUT2D eigenvalue weighted by molar-refractivity contribution is 6.04. The third-order valence-electron chi connectivity index (χ3n) is 6.37. The summed E-state index contributed by atoms with van der Waals surface area (Å²) in [5.41, 5.74) is 3.44. The van der Waals surface area contributed by atoms with Gasteiger partial charge in [-0.25, -0.2) is 4.79 Å². The van der Waals surface area contributed by atoms with E-state index >= 15 is 0 Å². The van der Waals surface area contributed by atoms with Gasteiger partial charge in [0, 0.05) is 40.8 Å². The van der Waals surface area contributed by atoms with Gasteiger partial charge < -0.3 is 25.0 Å². The number of ether oxygens (including phenoxy) is 2. The smallest absolute Gasteiger partial charge is 0.334 e. The number of allylic oxidation sites excluding steroid dienone is 3. The molecule has 0 saturated heterocycles. The summed E-state index contributed by atoms with van der Waals surface area (Å²) >= 11 is 0. The average molecular weight is 433 g/mol. The van der Waals surface area contributed by atoms with Gasteiger partial charge in [0.05, 0.1) is 5.57 Å². The Balaban J connectivity index is 1.61. The number of carboxylic acid groups (broad SMARTS) is 1. The van der Waals surface area contributed by atoms with E-state index in [0.717, 1.165) is 11.3 Å². The van der Waals surface area contributed by atoms with Crippen molar-refractivity contribution in [2.75, 3.05) is 6.79 Å². The number of aromatic hydroxyl groups is 1. The number of fused-ring (bicyclic) bond motifs is 1.